The van der Waals surface area contributed by atoms with Crippen LogP contribution in [0.1, 0.15) is 5.56 Å². The Labute approximate surface area is 166 Å². The second-order valence-electron chi connectivity index (χ2n) is 6.10. The summed E-state index contributed by atoms with van der Waals surface area (Å²) in [5, 5.41) is 15.8. The number of para-hydroxylation sites is 1. The van der Waals surface area contributed by atoms with Gasteiger partial charge in [-0.15, -0.1) is 0 Å². The van der Waals surface area contributed by atoms with Gasteiger partial charge in [-0.2, -0.15) is 20.1 Å². The number of aromatic amines is 1. The number of benzene rings is 2. The molecule has 4 N–H and O–H groups in total. The lowest BCUT2D eigenvalue weighted by molar-refractivity contribution is 0.379. The molecule has 2 aromatic heterocycles. The minimum Gasteiger partial charge on any atom is -0.467 e. The van der Waals surface area contributed by atoms with Crippen molar-refractivity contribution in [2.24, 2.45) is 5.14 Å². The molecule has 29 heavy (non-hydrogen) atoms. The summed E-state index contributed by atoms with van der Waals surface area (Å²) in [5.74, 6) is 0.527. The molecule has 0 aliphatic heterocycles. The number of nitrogens with one attached hydrogen (secondary N) is 2. The van der Waals surface area contributed by atoms with E-state index in [4.69, 9.17) is 9.88 Å². The van der Waals surface area contributed by atoms with Crippen LogP contribution in [-0.2, 0) is 16.6 Å². The monoisotopic (exact) mass is 411 g/mol. The standard InChI is InChI=1S/C18H17N7O3S/c1-28-18-22-16(21-17(23-18)20-10-11-6-3-2-4-7-11)15-12-8-5-9-13(29(19,26)27)14(12)24-25-15/h2-9H,10H2,1H3,(H,24,25)(H2,19,26,27)(H,20,21,22,23). The molecule has 0 fully saturated rings. The number of anilines is 1. The van der Waals surface area contributed by atoms with Crippen molar-refractivity contribution < 1.29 is 13.2 Å². The molecule has 0 radical (unpaired) electrons. The maximum atomic E-state index is 11.8. The largest absolute Gasteiger partial charge is 0.467 e. The normalized spacial score (nSPS) is 11.5. The number of nitrogens with two attached hydrogens (primary N) is 1. The SMILES string of the molecule is COc1nc(NCc2ccccc2)nc(-c2n[nH]c3c(S(N)(=O)=O)cccc23)n1. The van der Waals surface area contributed by atoms with Crippen LogP contribution in [0.3, 0.4) is 0 Å². The van der Waals surface area contributed by atoms with Crippen molar-refractivity contribution in [1.29, 1.82) is 0 Å². The molecular formula is C18H17N7O3S. The number of fused-ring (bicyclic) bond motifs is 1. The van der Waals surface area contributed by atoms with E-state index in [-0.39, 0.29) is 22.2 Å². The topological polar surface area (TPSA) is 149 Å². The number of rotatable bonds is 6. The van der Waals surface area contributed by atoms with Gasteiger partial charge in [-0.05, 0) is 11.6 Å². The third-order valence-electron chi connectivity index (χ3n) is 4.17. The number of hydrogen-bond acceptors (Lipinski definition) is 8. The second kappa shape index (κ2) is 7.45. The average Bonchev–Trinajstić information content (AvgIpc) is 3.16. The van der Waals surface area contributed by atoms with Crippen LogP contribution >= 0.6 is 0 Å². The van der Waals surface area contributed by atoms with E-state index in [2.05, 4.69) is 30.5 Å². The predicted octanol–water partition coefficient (Wildman–Crippen LogP) is 1.68. The van der Waals surface area contributed by atoms with Gasteiger partial charge in [0.15, 0.2) is 5.82 Å². The summed E-state index contributed by atoms with van der Waals surface area (Å²) in [5.41, 5.74) is 1.69. The molecule has 0 aliphatic carbocycles. The third kappa shape index (κ3) is 3.86. The molecular weight excluding hydrogens is 394 g/mol. The highest BCUT2D eigenvalue weighted by molar-refractivity contribution is 7.89. The van der Waals surface area contributed by atoms with Gasteiger partial charge in [0.05, 0.1) is 12.6 Å². The molecule has 0 saturated heterocycles. The van der Waals surface area contributed by atoms with Crippen molar-refractivity contribution in [3.63, 3.8) is 0 Å². The highest BCUT2D eigenvalue weighted by atomic mass is 32.2. The lowest BCUT2D eigenvalue weighted by Gasteiger charge is -2.08. The first-order valence-corrected chi connectivity index (χ1v) is 10.1. The van der Waals surface area contributed by atoms with Crippen LogP contribution in [0.2, 0.25) is 0 Å². The number of primary sulfonamides is 1. The van der Waals surface area contributed by atoms with Gasteiger partial charge in [-0.1, -0.05) is 42.5 Å². The van der Waals surface area contributed by atoms with Crippen molar-refractivity contribution >= 4 is 26.9 Å². The summed E-state index contributed by atoms with van der Waals surface area (Å²) in [6.45, 7) is 0.504. The first-order valence-electron chi connectivity index (χ1n) is 8.54. The van der Waals surface area contributed by atoms with Crippen LogP contribution in [0.5, 0.6) is 6.01 Å². The number of ether oxygens (including phenoxy) is 1. The lowest BCUT2D eigenvalue weighted by Crippen LogP contribution is -2.12. The molecule has 0 aliphatic rings. The molecule has 11 heteroatoms. The molecule has 2 aromatic carbocycles. The molecule has 0 amide bonds. The summed E-state index contributed by atoms with van der Waals surface area (Å²) in [6, 6.07) is 14.6. The smallest absolute Gasteiger partial charge is 0.321 e. The predicted molar refractivity (Wildman–Crippen MR) is 107 cm³/mol. The number of H-pyrrole nitrogens is 1. The zero-order valence-electron chi connectivity index (χ0n) is 15.3. The Balaban J connectivity index is 1.75. The Morgan fingerprint density at radius 2 is 1.86 bits per heavy atom. The average molecular weight is 411 g/mol. The fraction of sp³-hybridized carbons (Fsp3) is 0.111. The molecule has 0 atom stereocenters. The zero-order chi connectivity index (χ0) is 20.4. The minimum atomic E-state index is -3.92. The molecule has 0 spiro atoms. The van der Waals surface area contributed by atoms with Gasteiger partial charge < -0.3 is 10.1 Å². The Morgan fingerprint density at radius 1 is 1.07 bits per heavy atom. The molecule has 4 rings (SSSR count). The number of hydrogen-bond donors (Lipinski definition) is 3. The maximum absolute atomic E-state index is 11.8. The highest BCUT2D eigenvalue weighted by Gasteiger charge is 2.20. The van der Waals surface area contributed by atoms with Crippen molar-refractivity contribution in [3.05, 3.63) is 54.1 Å². The van der Waals surface area contributed by atoms with Gasteiger partial charge in [0.2, 0.25) is 16.0 Å². The van der Waals surface area contributed by atoms with Gasteiger partial charge in [-0.3, -0.25) is 5.10 Å². The quantitative estimate of drug-likeness (QED) is 0.434. The molecule has 148 valence electrons. The molecule has 2 heterocycles. The summed E-state index contributed by atoms with van der Waals surface area (Å²) in [6.07, 6.45) is 0. The van der Waals surface area contributed by atoms with E-state index in [1.165, 1.54) is 13.2 Å². The molecule has 0 saturated carbocycles. The van der Waals surface area contributed by atoms with Gasteiger partial charge in [0, 0.05) is 11.9 Å². The fourth-order valence-electron chi connectivity index (χ4n) is 2.83. The van der Waals surface area contributed by atoms with E-state index < -0.39 is 10.0 Å². The summed E-state index contributed by atoms with van der Waals surface area (Å²) in [7, 11) is -2.47. The maximum Gasteiger partial charge on any atom is 0.321 e. The Bertz CT molecular complexity index is 1270. The van der Waals surface area contributed by atoms with Crippen LogP contribution in [0.25, 0.3) is 22.4 Å². The van der Waals surface area contributed by atoms with Crippen molar-refractivity contribution in [2.45, 2.75) is 11.4 Å². The van der Waals surface area contributed by atoms with Crippen molar-refractivity contribution in [1.82, 2.24) is 25.1 Å². The first kappa shape index (κ1) is 18.8. The Morgan fingerprint density at radius 3 is 2.59 bits per heavy atom. The minimum absolute atomic E-state index is 0.0582. The van der Waals surface area contributed by atoms with Crippen LogP contribution in [0, 0.1) is 0 Å². The van der Waals surface area contributed by atoms with E-state index in [0.29, 0.717) is 23.6 Å². The number of nitrogens with zero attached hydrogens (tertiary/aromatic N) is 4. The van der Waals surface area contributed by atoms with Crippen LogP contribution in [0.4, 0.5) is 5.95 Å². The van der Waals surface area contributed by atoms with Crippen molar-refractivity contribution in [3.8, 4) is 17.5 Å². The fourth-order valence-corrected chi connectivity index (χ4v) is 3.54. The molecule has 0 bridgehead atoms. The van der Waals surface area contributed by atoms with E-state index in [1.54, 1.807) is 12.1 Å². The van der Waals surface area contributed by atoms with E-state index >= 15 is 0 Å². The van der Waals surface area contributed by atoms with E-state index in [1.807, 2.05) is 30.3 Å². The van der Waals surface area contributed by atoms with Gasteiger partial charge in [0.1, 0.15) is 10.6 Å². The van der Waals surface area contributed by atoms with Crippen LogP contribution < -0.4 is 15.2 Å². The summed E-state index contributed by atoms with van der Waals surface area (Å²) < 4.78 is 28.8. The molecule has 4 aromatic rings. The van der Waals surface area contributed by atoms with E-state index in [0.717, 1.165) is 5.56 Å². The third-order valence-corrected chi connectivity index (χ3v) is 5.12. The highest BCUT2D eigenvalue weighted by Crippen LogP contribution is 2.28. The van der Waals surface area contributed by atoms with Gasteiger partial charge in [0.25, 0.3) is 0 Å². The van der Waals surface area contributed by atoms with E-state index in [9.17, 15) is 8.42 Å². The van der Waals surface area contributed by atoms with Crippen LogP contribution in [0.15, 0.2) is 53.4 Å². The molecule has 0 unspecified atom stereocenters. The lowest BCUT2D eigenvalue weighted by atomic mass is 10.2. The van der Waals surface area contributed by atoms with Gasteiger partial charge >= 0.3 is 6.01 Å². The Kier molecular flexibility index (Phi) is 4.82. The van der Waals surface area contributed by atoms with Crippen LogP contribution in [-0.4, -0.2) is 40.7 Å². The zero-order valence-corrected chi connectivity index (χ0v) is 16.1. The van der Waals surface area contributed by atoms with Gasteiger partial charge in [-0.25, -0.2) is 13.6 Å². The summed E-state index contributed by atoms with van der Waals surface area (Å²) in [4.78, 5) is 12.8. The summed E-state index contributed by atoms with van der Waals surface area (Å²) >= 11 is 0. The second-order valence-corrected chi connectivity index (χ2v) is 7.63. The number of aromatic nitrogens is 5. The first-order chi connectivity index (χ1) is 14.0. The van der Waals surface area contributed by atoms with Crippen molar-refractivity contribution in [2.75, 3.05) is 12.4 Å². The molecule has 10 nitrogen and oxygen atoms in total. The Hall–Kier alpha value is -3.57. The number of sulfonamides is 1. The number of methoxy groups -OCH3 is 1.